The highest BCUT2D eigenvalue weighted by molar-refractivity contribution is 4.84. The van der Waals surface area contributed by atoms with E-state index in [0.717, 1.165) is 12.8 Å². The van der Waals surface area contributed by atoms with E-state index in [2.05, 4.69) is 6.92 Å². The molecule has 1 aliphatic carbocycles. The van der Waals surface area contributed by atoms with E-state index in [1.54, 1.807) is 0 Å². The van der Waals surface area contributed by atoms with Crippen LogP contribution in [-0.4, -0.2) is 17.3 Å². The van der Waals surface area contributed by atoms with Crippen molar-refractivity contribution in [3.05, 3.63) is 0 Å². The van der Waals surface area contributed by atoms with Crippen LogP contribution in [-0.2, 0) is 0 Å². The number of hydrogen-bond donors (Lipinski definition) is 2. The van der Waals surface area contributed by atoms with Crippen LogP contribution in [0.1, 0.15) is 19.8 Å². The Bertz CT molecular complexity index is 74.6. The largest absolute Gasteiger partial charge is 0.392 e. The van der Waals surface area contributed by atoms with E-state index >= 15 is 0 Å². The lowest BCUT2D eigenvalue weighted by molar-refractivity contribution is 0.158. The van der Waals surface area contributed by atoms with Gasteiger partial charge in [0.15, 0.2) is 0 Å². The lowest BCUT2D eigenvalue weighted by atomic mass is 10.1. The predicted molar refractivity (Wildman–Crippen MR) is 32.4 cm³/mol. The molecule has 2 nitrogen and oxygen atoms in total. The average molecular weight is 115 g/mol. The molecule has 0 aromatic carbocycles. The van der Waals surface area contributed by atoms with Gasteiger partial charge in [-0.3, -0.25) is 0 Å². The number of aliphatic hydroxyl groups excluding tert-OH is 1. The highest BCUT2D eigenvalue weighted by Crippen LogP contribution is 2.23. The van der Waals surface area contributed by atoms with E-state index in [1.807, 2.05) is 0 Å². The van der Waals surface area contributed by atoms with Gasteiger partial charge in [0.05, 0.1) is 6.10 Å². The summed E-state index contributed by atoms with van der Waals surface area (Å²) in [5.74, 6) is 0.519. The van der Waals surface area contributed by atoms with Crippen molar-refractivity contribution < 1.29 is 5.11 Å². The van der Waals surface area contributed by atoms with E-state index < -0.39 is 0 Å². The van der Waals surface area contributed by atoms with Crippen molar-refractivity contribution in [1.29, 1.82) is 0 Å². The van der Waals surface area contributed by atoms with Crippen molar-refractivity contribution in [3.63, 3.8) is 0 Å². The molecule has 2 heteroatoms. The second kappa shape index (κ2) is 2.03. The molecule has 0 spiro atoms. The van der Waals surface area contributed by atoms with Crippen LogP contribution in [0, 0.1) is 5.92 Å². The molecule has 1 aliphatic rings. The zero-order valence-corrected chi connectivity index (χ0v) is 5.17. The molecule has 0 amide bonds. The van der Waals surface area contributed by atoms with Crippen LogP contribution in [0.5, 0.6) is 0 Å². The summed E-state index contributed by atoms with van der Waals surface area (Å²) in [7, 11) is 0. The molecule has 0 aromatic rings. The van der Waals surface area contributed by atoms with Crippen LogP contribution in [0.4, 0.5) is 0 Å². The summed E-state index contributed by atoms with van der Waals surface area (Å²) in [6.07, 6.45) is 1.75. The maximum atomic E-state index is 9.04. The molecule has 1 rings (SSSR count). The first-order valence-corrected chi connectivity index (χ1v) is 3.15. The standard InChI is InChI=1S/C6H13NO/c1-4-2-3-5(8)6(4)7/h4-6,8H,2-3,7H2,1H3/t4-,5-,6+/m1/s1. The fourth-order valence-corrected chi connectivity index (χ4v) is 1.20. The van der Waals surface area contributed by atoms with Crippen molar-refractivity contribution >= 4 is 0 Å². The monoisotopic (exact) mass is 115 g/mol. The normalized spacial score (nSPS) is 47.6. The first-order chi connectivity index (χ1) is 3.72. The molecule has 1 fully saturated rings. The van der Waals surface area contributed by atoms with Crippen LogP contribution in [0.15, 0.2) is 0 Å². The van der Waals surface area contributed by atoms with Gasteiger partial charge >= 0.3 is 0 Å². The van der Waals surface area contributed by atoms with Crippen molar-refractivity contribution in [2.75, 3.05) is 0 Å². The number of nitrogens with two attached hydrogens (primary N) is 1. The summed E-state index contributed by atoms with van der Waals surface area (Å²) < 4.78 is 0. The Balaban J connectivity index is 2.44. The Kier molecular flexibility index (Phi) is 1.54. The van der Waals surface area contributed by atoms with Gasteiger partial charge in [-0.2, -0.15) is 0 Å². The van der Waals surface area contributed by atoms with E-state index in [-0.39, 0.29) is 12.1 Å². The summed E-state index contributed by atoms with van der Waals surface area (Å²) in [6, 6.07) is 0.0370. The zero-order valence-electron chi connectivity index (χ0n) is 5.17. The van der Waals surface area contributed by atoms with Gasteiger partial charge < -0.3 is 10.8 Å². The zero-order chi connectivity index (χ0) is 6.15. The maximum Gasteiger partial charge on any atom is 0.0693 e. The molecule has 0 bridgehead atoms. The molecular weight excluding hydrogens is 102 g/mol. The second-order valence-electron chi connectivity index (χ2n) is 2.70. The summed E-state index contributed by atoms with van der Waals surface area (Å²) in [5.41, 5.74) is 5.57. The Morgan fingerprint density at radius 3 is 2.25 bits per heavy atom. The first kappa shape index (κ1) is 6.05. The van der Waals surface area contributed by atoms with Gasteiger partial charge in [0.25, 0.3) is 0 Å². The molecule has 0 aromatic heterocycles. The Morgan fingerprint density at radius 2 is 2.12 bits per heavy atom. The fraction of sp³-hybridized carbons (Fsp3) is 1.00. The third-order valence-corrected chi connectivity index (χ3v) is 2.02. The molecule has 1 saturated carbocycles. The molecule has 3 atom stereocenters. The topological polar surface area (TPSA) is 46.2 Å². The smallest absolute Gasteiger partial charge is 0.0693 e. The number of aliphatic hydroxyl groups is 1. The molecule has 0 aliphatic heterocycles. The summed E-state index contributed by atoms with van der Waals surface area (Å²) in [6.45, 7) is 2.08. The van der Waals surface area contributed by atoms with Gasteiger partial charge in [0, 0.05) is 6.04 Å². The van der Waals surface area contributed by atoms with E-state index in [1.165, 1.54) is 0 Å². The van der Waals surface area contributed by atoms with Crippen LogP contribution < -0.4 is 5.73 Å². The lowest BCUT2D eigenvalue weighted by Gasteiger charge is -2.11. The maximum absolute atomic E-state index is 9.04. The van der Waals surface area contributed by atoms with Gasteiger partial charge in [-0.05, 0) is 18.8 Å². The minimum atomic E-state index is -0.231. The molecule has 8 heavy (non-hydrogen) atoms. The summed E-state index contributed by atoms with van der Waals surface area (Å²) in [5, 5.41) is 9.04. The van der Waals surface area contributed by atoms with Crippen LogP contribution in [0.25, 0.3) is 0 Å². The van der Waals surface area contributed by atoms with Crippen LogP contribution in [0.3, 0.4) is 0 Å². The third kappa shape index (κ3) is 0.858. The summed E-state index contributed by atoms with van der Waals surface area (Å²) >= 11 is 0. The molecule has 0 heterocycles. The lowest BCUT2D eigenvalue weighted by Crippen LogP contribution is -2.33. The SMILES string of the molecule is C[C@@H]1CC[C@@H](O)[C@H]1N. The van der Waals surface area contributed by atoms with Crippen molar-refractivity contribution in [3.8, 4) is 0 Å². The van der Waals surface area contributed by atoms with E-state index in [9.17, 15) is 0 Å². The first-order valence-electron chi connectivity index (χ1n) is 3.15. The quantitative estimate of drug-likeness (QED) is 0.470. The highest BCUT2D eigenvalue weighted by atomic mass is 16.3. The molecule has 48 valence electrons. The Morgan fingerprint density at radius 1 is 1.50 bits per heavy atom. The molecular formula is C6H13NO. The Labute approximate surface area is 49.7 Å². The predicted octanol–water partition coefficient (Wildman–Crippen LogP) is 0.104. The number of rotatable bonds is 0. The van der Waals surface area contributed by atoms with Gasteiger partial charge in [0.2, 0.25) is 0 Å². The minimum Gasteiger partial charge on any atom is -0.392 e. The van der Waals surface area contributed by atoms with Gasteiger partial charge in [0.1, 0.15) is 0 Å². The molecule has 3 N–H and O–H groups in total. The summed E-state index contributed by atoms with van der Waals surface area (Å²) in [4.78, 5) is 0. The highest BCUT2D eigenvalue weighted by Gasteiger charge is 2.27. The second-order valence-corrected chi connectivity index (χ2v) is 2.70. The van der Waals surface area contributed by atoms with Crippen molar-refractivity contribution in [1.82, 2.24) is 0 Å². The van der Waals surface area contributed by atoms with Crippen molar-refractivity contribution in [2.24, 2.45) is 11.7 Å². The van der Waals surface area contributed by atoms with Crippen molar-refractivity contribution in [2.45, 2.75) is 31.9 Å². The third-order valence-electron chi connectivity index (χ3n) is 2.02. The molecule has 0 saturated heterocycles. The fourth-order valence-electron chi connectivity index (χ4n) is 1.20. The van der Waals surface area contributed by atoms with E-state index in [4.69, 9.17) is 10.8 Å². The van der Waals surface area contributed by atoms with Gasteiger partial charge in [-0.25, -0.2) is 0 Å². The minimum absolute atomic E-state index is 0.0370. The average Bonchev–Trinajstić information content (AvgIpc) is 1.98. The van der Waals surface area contributed by atoms with E-state index in [0.29, 0.717) is 5.92 Å². The molecule has 0 radical (unpaired) electrons. The molecule has 0 unspecified atom stereocenters. The van der Waals surface area contributed by atoms with Crippen LogP contribution in [0.2, 0.25) is 0 Å². The Hall–Kier alpha value is -0.0800. The van der Waals surface area contributed by atoms with Gasteiger partial charge in [-0.1, -0.05) is 6.92 Å². The number of hydrogen-bond acceptors (Lipinski definition) is 2. The van der Waals surface area contributed by atoms with Crippen LogP contribution >= 0.6 is 0 Å². The van der Waals surface area contributed by atoms with Gasteiger partial charge in [-0.15, -0.1) is 0 Å².